The molecule has 0 atom stereocenters. The summed E-state index contributed by atoms with van der Waals surface area (Å²) in [6.07, 6.45) is 1.93. The van der Waals surface area contributed by atoms with Gasteiger partial charge in [0, 0.05) is 13.1 Å². The average Bonchev–Trinajstić information content (AvgIpc) is 2.48. The van der Waals surface area contributed by atoms with E-state index in [4.69, 9.17) is 9.84 Å². The lowest BCUT2D eigenvalue weighted by molar-refractivity contribution is 0.0158. The molecule has 6 nitrogen and oxygen atoms in total. The number of aliphatic hydroxyl groups is 1. The molecule has 1 N–H and O–H groups in total. The molecule has 1 fully saturated rings. The first-order valence-electron chi connectivity index (χ1n) is 6.88. The van der Waals surface area contributed by atoms with Gasteiger partial charge in [0.15, 0.2) is 5.82 Å². The van der Waals surface area contributed by atoms with Crippen molar-refractivity contribution in [3.8, 4) is 6.07 Å². The average molecular weight is 276 g/mol. The molecule has 1 aromatic rings. The highest BCUT2D eigenvalue weighted by molar-refractivity contribution is 5.57. The molecular weight excluding hydrogens is 256 g/mol. The van der Waals surface area contributed by atoms with E-state index in [2.05, 4.69) is 21.2 Å². The molecule has 20 heavy (non-hydrogen) atoms. The number of hydrogen-bond acceptors (Lipinski definition) is 6. The van der Waals surface area contributed by atoms with Crippen LogP contribution in [0, 0.1) is 25.2 Å². The molecule has 0 spiro atoms. The monoisotopic (exact) mass is 276 g/mol. The number of nitrogens with zero attached hydrogens (tertiary/aromatic N) is 4. The molecule has 1 aromatic heterocycles. The molecular formula is C14H20N4O2. The van der Waals surface area contributed by atoms with Crippen molar-refractivity contribution in [1.82, 2.24) is 10.2 Å². The lowest BCUT2D eigenvalue weighted by atomic mass is 10.1. The van der Waals surface area contributed by atoms with Crippen LogP contribution in [0.25, 0.3) is 0 Å². The third-order valence-corrected chi connectivity index (χ3v) is 3.73. The zero-order chi connectivity index (χ0) is 14.5. The maximum Gasteiger partial charge on any atom is 0.169 e. The topological polar surface area (TPSA) is 82.3 Å². The Labute approximate surface area is 119 Å². The van der Waals surface area contributed by atoms with Gasteiger partial charge in [0.05, 0.1) is 25.0 Å². The van der Waals surface area contributed by atoms with E-state index < -0.39 is 0 Å². The van der Waals surface area contributed by atoms with Crippen LogP contribution in [0.5, 0.6) is 0 Å². The Morgan fingerprint density at radius 1 is 1.35 bits per heavy atom. The fourth-order valence-corrected chi connectivity index (χ4v) is 2.40. The van der Waals surface area contributed by atoms with E-state index in [0.29, 0.717) is 18.0 Å². The minimum Gasteiger partial charge on any atom is -0.394 e. The van der Waals surface area contributed by atoms with Gasteiger partial charge < -0.3 is 14.7 Å². The number of aryl methyl sites for hydroxylation is 1. The number of ether oxygens (including phenoxy) is 1. The second kappa shape index (κ2) is 6.64. The normalized spacial score (nSPS) is 16.2. The molecule has 0 aliphatic carbocycles. The predicted octanol–water partition coefficient (Wildman–Crippen LogP) is 0.943. The third-order valence-electron chi connectivity index (χ3n) is 3.73. The molecule has 2 rings (SSSR count). The van der Waals surface area contributed by atoms with Gasteiger partial charge in [-0.15, -0.1) is 5.10 Å². The highest BCUT2D eigenvalue weighted by Gasteiger charge is 2.23. The molecule has 0 unspecified atom stereocenters. The lowest BCUT2D eigenvalue weighted by Gasteiger charge is -2.33. The summed E-state index contributed by atoms with van der Waals surface area (Å²) in [4.78, 5) is 2.09. The Morgan fingerprint density at radius 3 is 2.65 bits per heavy atom. The first kappa shape index (κ1) is 14.7. The van der Waals surface area contributed by atoms with Gasteiger partial charge in [0.2, 0.25) is 0 Å². The second-order valence-electron chi connectivity index (χ2n) is 5.00. The minimum absolute atomic E-state index is 0.0570. The quantitative estimate of drug-likeness (QED) is 0.881. The molecule has 2 heterocycles. The second-order valence-corrected chi connectivity index (χ2v) is 5.00. The first-order valence-corrected chi connectivity index (χ1v) is 6.88. The van der Waals surface area contributed by atoms with Crippen LogP contribution in [0.2, 0.25) is 0 Å². The third kappa shape index (κ3) is 3.06. The van der Waals surface area contributed by atoms with E-state index in [1.54, 1.807) is 0 Å². The van der Waals surface area contributed by atoms with Gasteiger partial charge in [0.1, 0.15) is 11.6 Å². The summed E-state index contributed by atoms with van der Waals surface area (Å²) < 4.78 is 5.54. The number of rotatable bonds is 4. The van der Waals surface area contributed by atoms with Crippen molar-refractivity contribution >= 4 is 5.82 Å². The van der Waals surface area contributed by atoms with Crippen LogP contribution < -0.4 is 4.90 Å². The smallest absolute Gasteiger partial charge is 0.169 e. The standard InChI is InChI=1S/C14H20N4O2/c1-10-11(2)16-17-14(13(10)9-15)18-5-3-12(4-6-18)20-8-7-19/h12,19H,3-8H2,1-2H3. The van der Waals surface area contributed by atoms with E-state index in [-0.39, 0.29) is 12.7 Å². The van der Waals surface area contributed by atoms with Gasteiger partial charge in [-0.2, -0.15) is 10.4 Å². The highest BCUT2D eigenvalue weighted by atomic mass is 16.5. The Kier molecular flexibility index (Phi) is 4.88. The van der Waals surface area contributed by atoms with Crippen LogP contribution in [-0.2, 0) is 4.74 Å². The summed E-state index contributed by atoms with van der Waals surface area (Å²) in [5.74, 6) is 0.677. The van der Waals surface area contributed by atoms with Crippen LogP contribution in [0.4, 0.5) is 5.82 Å². The van der Waals surface area contributed by atoms with Gasteiger partial charge in [0.25, 0.3) is 0 Å². The maximum atomic E-state index is 9.33. The number of piperidine rings is 1. The van der Waals surface area contributed by atoms with Crippen LogP contribution >= 0.6 is 0 Å². The zero-order valence-electron chi connectivity index (χ0n) is 12.0. The molecule has 108 valence electrons. The van der Waals surface area contributed by atoms with Gasteiger partial charge in [-0.05, 0) is 32.3 Å². The predicted molar refractivity (Wildman–Crippen MR) is 74.5 cm³/mol. The Hall–Kier alpha value is -1.71. The van der Waals surface area contributed by atoms with Gasteiger partial charge in [-0.1, -0.05) is 0 Å². The van der Waals surface area contributed by atoms with E-state index in [1.165, 1.54) is 0 Å². The molecule has 0 saturated carbocycles. The van der Waals surface area contributed by atoms with E-state index in [1.807, 2.05) is 13.8 Å². The van der Waals surface area contributed by atoms with Crippen LogP contribution in [0.15, 0.2) is 0 Å². The van der Waals surface area contributed by atoms with Crippen molar-refractivity contribution in [2.45, 2.75) is 32.8 Å². The van der Waals surface area contributed by atoms with Crippen molar-refractivity contribution in [3.63, 3.8) is 0 Å². The summed E-state index contributed by atoms with van der Waals surface area (Å²) >= 11 is 0. The lowest BCUT2D eigenvalue weighted by Crippen LogP contribution is -2.38. The van der Waals surface area contributed by atoms with Crippen LogP contribution in [0.1, 0.15) is 29.7 Å². The van der Waals surface area contributed by atoms with Crippen molar-refractivity contribution in [3.05, 3.63) is 16.8 Å². The summed E-state index contributed by atoms with van der Waals surface area (Å²) in [5, 5.41) is 26.4. The SMILES string of the molecule is Cc1nnc(N2CCC(OCCO)CC2)c(C#N)c1C. The Morgan fingerprint density at radius 2 is 2.05 bits per heavy atom. The number of nitriles is 1. The molecule has 0 aromatic carbocycles. The summed E-state index contributed by atoms with van der Waals surface area (Å²) in [6, 6.07) is 2.24. The number of aliphatic hydroxyl groups excluding tert-OH is 1. The number of hydrogen-bond donors (Lipinski definition) is 1. The zero-order valence-corrected chi connectivity index (χ0v) is 12.0. The largest absolute Gasteiger partial charge is 0.394 e. The Balaban J connectivity index is 2.08. The molecule has 0 amide bonds. The Bertz CT molecular complexity index is 505. The fraction of sp³-hybridized carbons (Fsp3) is 0.643. The van der Waals surface area contributed by atoms with Crippen molar-refractivity contribution in [2.24, 2.45) is 0 Å². The van der Waals surface area contributed by atoms with Crippen molar-refractivity contribution in [2.75, 3.05) is 31.2 Å². The summed E-state index contributed by atoms with van der Waals surface area (Å²) in [5.41, 5.74) is 2.31. The molecule has 6 heteroatoms. The molecule has 1 aliphatic heterocycles. The fourth-order valence-electron chi connectivity index (χ4n) is 2.40. The number of anilines is 1. The van der Waals surface area contributed by atoms with E-state index in [9.17, 15) is 5.26 Å². The van der Waals surface area contributed by atoms with Crippen LogP contribution in [-0.4, -0.2) is 47.7 Å². The molecule has 1 saturated heterocycles. The van der Waals surface area contributed by atoms with Crippen molar-refractivity contribution in [1.29, 1.82) is 5.26 Å². The molecule has 0 radical (unpaired) electrons. The van der Waals surface area contributed by atoms with Crippen molar-refractivity contribution < 1.29 is 9.84 Å². The van der Waals surface area contributed by atoms with Crippen LogP contribution in [0.3, 0.4) is 0 Å². The van der Waals surface area contributed by atoms with Gasteiger partial charge in [-0.3, -0.25) is 0 Å². The first-order chi connectivity index (χ1) is 9.67. The highest BCUT2D eigenvalue weighted by Crippen LogP contribution is 2.25. The van der Waals surface area contributed by atoms with E-state index >= 15 is 0 Å². The summed E-state index contributed by atoms with van der Waals surface area (Å²) in [6.45, 7) is 5.80. The molecule has 0 bridgehead atoms. The minimum atomic E-state index is 0.0570. The van der Waals surface area contributed by atoms with E-state index in [0.717, 1.165) is 37.2 Å². The molecule has 1 aliphatic rings. The summed E-state index contributed by atoms with van der Waals surface area (Å²) in [7, 11) is 0. The maximum absolute atomic E-state index is 9.33. The van der Waals surface area contributed by atoms with Gasteiger partial charge >= 0.3 is 0 Å². The number of aromatic nitrogens is 2. The van der Waals surface area contributed by atoms with Gasteiger partial charge in [-0.25, -0.2) is 0 Å².